The van der Waals surface area contributed by atoms with E-state index in [2.05, 4.69) is 0 Å². The van der Waals surface area contributed by atoms with Gasteiger partial charge in [0.05, 0.1) is 21.6 Å². The summed E-state index contributed by atoms with van der Waals surface area (Å²) in [6, 6.07) is 16.6. The molecule has 0 aliphatic carbocycles. The van der Waals surface area contributed by atoms with Gasteiger partial charge in [-0.25, -0.2) is 13.4 Å². The molecule has 0 aliphatic rings. The molecule has 0 unspecified atom stereocenters. The Morgan fingerprint density at radius 1 is 1.03 bits per heavy atom. The van der Waals surface area contributed by atoms with Crippen LogP contribution in [0.1, 0.15) is 41.9 Å². The first-order chi connectivity index (χ1) is 18.6. The van der Waals surface area contributed by atoms with Gasteiger partial charge in [-0.05, 0) is 73.7 Å². The van der Waals surface area contributed by atoms with E-state index in [0.717, 1.165) is 34.4 Å². The van der Waals surface area contributed by atoms with Gasteiger partial charge in [-0.3, -0.25) is 9.71 Å². The number of fused-ring (bicyclic) bond motifs is 1. The maximum atomic E-state index is 13.9. The summed E-state index contributed by atoms with van der Waals surface area (Å²) in [5.74, 6) is 0.953. The number of benzene rings is 3. The fourth-order valence-corrected chi connectivity index (χ4v) is 6.78. The molecule has 39 heavy (non-hydrogen) atoms. The molecule has 3 aromatic carbocycles. The number of hydrogen-bond acceptors (Lipinski definition) is 6. The Bertz CT molecular complexity index is 1610. The average molecular weight is 548 g/mol. The lowest BCUT2D eigenvalue weighted by Gasteiger charge is -2.25. The Labute approximate surface area is 230 Å². The fourth-order valence-electron chi connectivity index (χ4n) is 5.01. The molecule has 0 atom stereocenters. The van der Waals surface area contributed by atoms with Crippen LogP contribution in [0.4, 0.5) is 11.4 Å². The summed E-state index contributed by atoms with van der Waals surface area (Å²) in [5, 5.41) is 7.55. The standard InChI is InChI=1S/C29H37N7O2S/c1-4-23-26(14-11-20(16-17-30)28(23)31)39(37,38)36(5-2)22-12-13-25-24(18-22)34-27(35(25)3)15-8-19-6-9-21(10-7-19)29(32)33/h6-7,9-14,18H,4-5,8,15-17,30-31H2,1-3H3,(H3,32,33). The van der Waals surface area contributed by atoms with E-state index in [4.69, 9.17) is 27.6 Å². The zero-order valence-corrected chi connectivity index (χ0v) is 23.6. The maximum Gasteiger partial charge on any atom is 0.264 e. The molecule has 0 aliphatic heterocycles. The Hall–Kier alpha value is -3.89. The van der Waals surface area contributed by atoms with Gasteiger partial charge in [0.2, 0.25) is 0 Å². The van der Waals surface area contributed by atoms with Crippen molar-refractivity contribution in [2.24, 2.45) is 18.5 Å². The minimum absolute atomic E-state index is 0.0499. The topological polar surface area (TPSA) is 157 Å². The lowest BCUT2D eigenvalue weighted by Crippen LogP contribution is -2.31. The number of aromatic nitrogens is 2. The summed E-state index contributed by atoms with van der Waals surface area (Å²) in [7, 11) is -1.90. The SMILES string of the molecule is CCc1c(S(=O)(=O)N(CC)c2ccc3c(c2)nc(CCc2ccc(C(=N)N)cc2)n3C)ccc(CCN)c1N. The number of nitrogens with two attached hydrogens (primary N) is 3. The van der Waals surface area contributed by atoms with Crippen LogP contribution in [0.3, 0.4) is 0 Å². The fraction of sp³-hybridized carbons (Fsp3) is 0.310. The van der Waals surface area contributed by atoms with Crippen LogP contribution in [-0.2, 0) is 42.8 Å². The minimum atomic E-state index is -3.87. The molecule has 0 saturated heterocycles. The number of nitrogen functional groups attached to an aromatic ring is 2. The van der Waals surface area contributed by atoms with E-state index < -0.39 is 10.0 Å². The number of rotatable bonds is 11. The van der Waals surface area contributed by atoms with Crippen LogP contribution < -0.4 is 21.5 Å². The molecular weight excluding hydrogens is 510 g/mol. The molecule has 9 nitrogen and oxygen atoms in total. The van der Waals surface area contributed by atoms with Crippen molar-refractivity contribution in [1.82, 2.24) is 9.55 Å². The lowest BCUT2D eigenvalue weighted by molar-refractivity contribution is 0.591. The van der Waals surface area contributed by atoms with Gasteiger partial charge in [0.15, 0.2) is 0 Å². The zero-order chi connectivity index (χ0) is 28.3. The van der Waals surface area contributed by atoms with Gasteiger partial charge in [0.1, 0.15) is 11.7 Å². The normalized spacial score (nSPS) is 11.7. The molecule has 0 amide bonds. The summed E-state index contributed by atoms with van der Waals surface area (Å²) in [6.45, 7) is 4.43. The number of amidine groups is 1. The molecule has 4 rings (SSSR count). The quantitative estimate of drug-likeness (QED) is 0.128. The van der Waals surface area contributed by atoms with Crippen LogP contribution in [-0.4, -0.2) is 36.9 Å². The van der Waals surface area contributed by atoms with Crippen LogP contribution in [0.15, 0.2) is 59.5 Å². The number of anilines is 2. The first-order valence-electron chi connectivity index (χ1n) is 13.1. The summed E-state index contributed by atoms with van der Waals surface area (Å²) in [6.07, 6.45) is 2.58. The number of aryl methyl sites for hydroxylation is 3. The van der Waals surface area contributed by atoms with Gasteiger partial charge in [0.25, 0.3) is 10.0 Å². The summed E-state index contributed by atoms with van der Waals surface area (Å²) < 4.78 is 31.2. The van der Waals surface area contributed by atoms with Crippen molar-refractivity contribution in [3.05, 3.63) is 82.7 Å². The Morgan fingerprint density at radius 2 is 1.74 bits per heavy atom. The Morgan fingerprint density at radius 3 is 2.36 bits per heavy atom. The largest absolute Gasteiger partial charge is 0.398 e. The molecule has 4 aromatic rings. The van der Waals surface area contributed by atoms with E-state index in [1.54, 1.807) is 12.1 Å². The van der Waals surface area contributed by atoms with E-state index in [-0.39, 0.29) is 17.3 Å². The summed E-state index contributed by atoms with van der Waals surface area (Å²) in [5.41, 5.74) is 23.7. The van der Waals surface area contributed by atoms with Crippen molar-refractivity contribution < 1.29 is 8.42 Å². The highest BCUT2D eigenvalue weighted by Crippen LogP contribution is 2.32. The molecule has 7 N–H and O–H groups in total. The van der Waals surface area contributed by atoms with Crippen molar-refractivity contribution >= 4 is 38.3 Å². The smallest absolute Gasteiger partial charge is 0.264 e. The number of nitrogens with zero attached hydrogens (tertiary/aromatic N) is 3. The maximum absolute atomic E-state index is 13.9. The predicted molar refractivity (Wildman–Crippen MR) is 159 cm³/mol. The second kappa shape index (κ2) is 11.5. The lowest BCUT2D eigenvalue weighted by atomic mass is 10.0. The van der Waals surface area contributed by atoms with Gasteiger partial charge in [-0.1, -0.05) is 37.3 Å². The van der Waals surface area contributed by atoms with E-state index in [0.29, 0.717) is 48.3 Å². The molecule has 0 spiro atoms. The van der Waals surface area contributed by atoms with Gasteiger partial charge < -0.3 is 21.8 Å². The second-order valence-electron chi connectivity index (χ2n) is 9.55. The number of nitrogens with one attached hydrogen (secondary N) is 1. The third-order valence-electron chi connectivity index (χ3n) is 7.17. The van der Waals surface area contributed by atoms with Gasteiger partial charge >= 0.3 is 0 Å². The molecule has 0 radical (unpaired) electrons. The third-order valence-corrected chi connectivity index (χ3v) is 9.16. The van der Waals surface area contributed by atoms with Crippen molar-refractivity contribution in [2.45, 2.75) is 44.4 Å². The molecular formula is C29H37N7O2S. The predicted octanol–water partition coefficient (Wildman–Crippen LogP) is 3.50. The van der Waals surface area contributed by atoms with Gasteiger partial charge in [-0.15, -0.1) is 0 Å². The Balaban J connectivity index is 1.64. The van der Waals surface area contributed by atoms with Crippen LogP contribution in [0.2, 0.25) is 0 Å². The Kier molecular flexibility index (Phi) is 8.27. The highest BCUT2D eigenvalue weighted by atomic mass is 32.2. The van der Waals surface area contributed by atoms with E-state index in [9.17, 15) is 8.42 Å². The molecule has 0 saturated carbocycles. The highest BCUT2D eigenvalue weighted by molar-refractivity contribution is 7.92. The van der Waals surface area contributed by atoms with Gasteiger partial charge in [0, 0.05) is 31.3 Å². The van der Waals surface area contributed by atoms with Crippen LogP contribution in [0, 0.1) is 5.41 Å². The first kappa shape index (κ1) is 28.1. The van der Waals surface area contributed by atoms with Crippen LogP contribution in [0.25, 0.3) is 11.0 Å². The van der Waals surface area contributed by atoms with Crippen LogP contribution in [0.5, 0.6) is 0 Å². The molecule has 206 valence electrons. The minimum Gasteiger partial charge on any atom is -0.398 e. The number of imidazole rings is 1. The second-order valence-corrected chi connectivity index (χ2v) is 11.4. The van der Waals surface area contributed by atoms with Crippen molar-refractivity contribution in [3.8, 4) is 0 Å². The number of hydrogen-bond donors (Lipinski definition) is 4. The van der Waals surface area contributed by atoms with E-state index in [1.165, 1.54) is 4.31 Å². The molecule has 0 fully saturated rings. The zero-order valence-electron chi connectivity index (χ0n) is 22.7. The van der Waals surface area contributed by atoms with Crippen molar-refractivity contribution in [1.29, 1.82) is 5.41 Å². The van der Waals surface area contributed by atoms with E-state index in [1.807, 2.05) is 67.9 Å². The molecule has 10 heteroatoms. The van der Waals surface area contributed by atoms with Crippen molar-refractivity contribution in [2.75, 3.05) is 23.1 Å². The highest BCUT2D eigenvalue weighted by Gasteiger charge is 2.28. The van der Waals surface area contributed by atoms with Gasteiger partial charge in [-0.2, -0.15) is 0 Å². The molecule has 1 aromatic heterocycles. The molecule has 1 heterocycles. The summed E-state index contributed by atoms with van der Waals surface area (Å²) >= 11 is 0. The first-order valence-corrected chi connectivity index (χ1v) is 14.6. The monoisotopic (exact) mass is 547 g/mol. The van der Waals surface area contributed by atoms with Crippen molar-refractivity contribution in [3.63, 3.8) is 0 Å². The third kappa shape index (κ3) is 5.48. The van der Waals surface area contributed by atoms with Crippen LogP contribution >= 0.6 is 0 Å². The molecule has 0 bridgehead atoms. The van der Waals surface area contributed by atoms with E-state index >= 15 is 0 Å². The summed E-state index contributed by atoms with van der Waals surface area (Å²) in [4.78, 5) is 5.07. The number of sulfonamides is 1. The average Bonchev–Trinajstić information content (AvgIpc) is 3.23.